The summed E-state index contributed by atoms with van der Waals surface area (Å²) in [5.41, 5.74) is 1.02. The highest BCUT2D eigenvalue weighted by atomic mass is 16.6. The Hall–Kier alpha value is -1.95. The topological polar surface area (TPSA) is 92.5 Å². The molecular weight excluding hydrogens is 260 g/mol. The SMILES string of the molecule is Cc1cc([N+](=O)[O-])ccc1C(=O)NCCCC(C)CO. The van der Waals surface area contributed by atoms with E-state index in [9.17, 15) is 14.9 Å². The molecule has 0 fully saturated rings. The number of nitro groups is 1. The van der Waals surface area contributed by atoms with E-state index in [1.165, 1.54) is 18.2 Å². The predicted molar refractivity (Wildman–Crippen MR) is 75.7 cm³/mol. The summed E-state index contributed by atoms with van der Waals surface area (Å²) >= 11 is 0. The Morgan fingerprint density at radius 2 is 2.20 bits per heavy atom. The Bertz CT molecular complexity index is 488. The van der Waals surface area contributed by atoms with Gasteiger partial charge in [-0.1, -0.05) is 6.92 Å². The maximum absolute atomic E-state index is 11.9. The van der Waals surface area contributed by atoms with Gasteiger partial charge in [-0.3, -0.25) is 14.9 Å². The minimum Gasteiger partial charge on any atom is -0.396 e. The number of nitro benzene ring substituents is 1. The molecular formula is C14H20N2O4. The van der Waals surface area contributed by atoms with E-state index >= 15 is 0 Å². The van der Waals surface area contributed by atoms with Gasteiger partial charge in [-0.25, -0.2) is 0 Å². The highest BCUT2D eigenvalue weighted by Crippen LogP contribution is 2.17. The number of aryl methyl sites for hydroxylation is 1. The maximum atomic E-state index is 11.9. The fraction of sp³-hybridized carbons (Fsp3) is 0.500. The number of carbonyl (C=O) groups excluding carboxylic acids is 1. The van der Waals surface area contributed by atoms with Gasteiger partial charge in [0.1, 0.15) is 0 Å². The summed E-state index contributed by atoms with van der Waals surface area (Å²) in [5, 5.41) is 22.3. The second kappa shape index (κ2) is 7.59. The number of rotatable bonds is 7. The van der Waals surface area contributed by atoms with Gasteiger partial charge in [-0.15, -0.1) is 0 Å². The van der Waals surface area contributed by atoms with Crippen LogP contribution in [0.15, 0.2) is 18.2 Å². The molecule has 1 aromatic rings. The molecule has 1 rings (SSSR count). The van der Waals surface area contributed by atoms with Crippen LogP contribution in [0.5, 0.6) is 0 Å². The number of nitrogens with one attached hydrogen (secondary N) is 1. The first-order valence-electron chi connectivity index (χ1n) is 6.59. The largest absolute Gasteiger partial charge is 0.396 e. The number of non-ortho nitro benzene ring substituents is 1. The van der Waals surface area contributed by atoms with Gasteiger partial charge < -0.3 is 10.4 Å². The van der Waals surface area contributed by atoms with Crippen LogP contribution < -0.4 is 5.32 Å². The van der Waals surface area contributed by atoms with Gasteiger partial charge in [0.2, 0.25) is 0 Å². The summed E-state index contributed by atoms with van der Waals surface area (Å²) in [5.74, 6) is 0.00191. The van der Waals surface area contributed by atoms with Crippen LogP contribution in [-0.2, 0) is 0 Å². The number of hydrogen-bond acceptors (Lipinski definition) is 4. The third-order valence-corrected chi connectivity index (χ3v) is 3.14. The number of aliphatic hydroxyl groups excluding tert-OH is 1. The second-order valence-electron chi connectivity index (χ2n) is 4.94. The highest BCUT2D eigenvalue weighted by molar-refractivity contribution is 5.95. The molecule has 1 aromatic carbocycles. The molecule has 1 amide bonds. The van der Waals surface area contributed by atoms with Crippen LogP contribution in [0.2, 0.25) is 0 Å². The normalized spacial score (nSPS) is 11.9. The molecule has 0 heterocycles. The molecule has 0 radical (unpaired) electrons. The van der Waals surface area contributed by atoms with E-state index in [2.05, 4.69) is 5.32 Å². The molecule has 6 nitrogen and oxygen atoms in total. The van der Waals surface area contributed by atoms with Crippen LogP contribution in [0.4, 0.5) is 5.69 Å². The van der Waals surface area contributed by atoms with Gasteiger partial charge in [0, 0.05) is 30.8 Å². The fourth-order valence-corrected chi connectivity index (χ4v) is 1.86. The van der Waals surface area contributed by atoms with Crippen molar-refractivity contribution in [3.05, 3.63) is 39.4 Å². The zero-order valence-electron chi connectivity index (χ0n) is 11.8. The number of aliphatic hydroxyl groups is 1. The second-order valence-corrected chi connectivity index (χ2v) is 4.94. The molecule has 1 unspecified atom stereocenters. The van der Waals surface area contributed by atoms with E-state index in [4.69, 9.17) is 5.11 Å². The average Bonchev–Trinajstić information content (AvgIpc) is 2.42. The van der Waals surface area contributed by atoms with Gasteiger partial charge >= 0.3 is 0 Å². The maximum Gasteiger partial charge on any atom is 0.269 e. The first kappa shape index (κ1) is 16.1. The minimum atomic E-state index is -0.481. The van der Waals surface area contributed by atoms with Crippen molar-refractivity contribution in [3.63, 3.8) is 0 Å². The van der Waals surface area contributed by atoms with Crippen LogP contribution in [0.25, 0.3) is 0 Å². The first-order valence-corrected chi connectivity index (χ1v) is 6.59. The average molecular weight is 280 g/mol. The molecule has 0 aliphatic carbocycles. The first-order chi connectivity index (χ1) is 9.45. The Kier molecular flexibility index (Phi) is 6.11. The Labute approximate surface area is 118 Å². The van der Waals surface area contributed by atoms with Gasteiger partial charge in [-0.05, 0) is 37.3 Å². The molecule has 0 bridgehead atoms. The number of benzene rings is 1. The summed E-state index contributed by atoms with van der Waals surface area (Å²) in [4.78, 5) is 22.1. The Morgan fingerprint density at radius 1 is 1.50 bits per heavy atom. The van der Waals surface area contributed by atoms with Crippen LogP contribution in [-0.4, -0.2) is 29.1 Å². The smallest absolute Gasteiger partial charge is 0.269 e. The summed E-state index contributed by atoms with van der Waals surface area (Å²) in [7, 11) is 0. The third-order valence-electron chi connectivity index (χ3n) is 3.14. The highest BCUT2D eigenvalue weighted by Gasteiger charge is 2.13. The summed E-state index contributed by atoms with van der Waals surface area (Å²) in [6, 6.07) is 4.19. The molecule has 0 aromatic heterocycles. The van der Waals surface area contributed by atoms with Gasteiger partial charge in [0.05, 0.1) is 4.92 Å². The van der Waals surface area contributed by atoms with Gasteiger partial charge in [-0.2, -0.15) is 0 Å². The molecule has 0 saturated heterocycles. The lowest BCUT2D eigenvalue weighted by molar-refractivity contribution is -0.384. The lowest BCUT2D eigenvalue weighted by Gasteiger charge is -2.09. The summed E-state index contributed by atoms with van der Waals surface area (Å²) in [6.07, 6.45) is 1.63. The van der Waals surface area contributed by atoms with Crippen LogP contribution >= 0.6 is 0 Å². The van der Waals surface area contributed by atoms with Crippen LogP contribution in [0.3, 0.4) is 0 Å². The van der Waals surface area contributed by atoms with E-state index in [-0.39, 0.29) is 24.1 Å². The van der Waals surface area contributed by atoms with E-state index in [1.54, 1.807) is 6.92 Å². The van der Waals surface area contributed by atoms with E-state index in [0.717, 1.165) is 12.8 Å². The van der Waals surface area contributed by atoms with Gasteiger partial charge in [0.25, 0.3) is 11.6 Å². The molecule has 6 heteroatoms. The van der Waals surface area contributed by atoms with Crippen molar-refractivity contribution in [1.29, 1.82) is 0 Å². The number of carbonyl (C=O) groups is 1. The molecule has 1 atom stereocenters. The van der Waals surface area contributed by atoms with Crippen molar-refractivity contribution in [3.8, 4) is 0 Å². The predicted octanol–water partition coefficient (Wildman–Crippen LogP) is 2.04. The number of amides is 1. The van der Waals surface area contributed by atoms with E-state index < -0.39 is 4.92 Å². The van der Waals surface area contributed by atoms with Crippen LogP contribution in [0.1, 0.15) is 35.7 Å². The van der Waals surface area contributed by atoms with E-state index in [1.807, 2.05) is 6.92 Å². The van der Waals surface area contributed by atoms with E-state index in [0.29, 0.717) is 17.7 Å². The van der Waals surface area contributed by atoms with Crippen molar-refractivity contribution in [2.24, 2.45) is 5.92 Å². The zero-order chi connectivity index (χ0) is 15.1. The standard InChI is InChI=1S/C14H20N2O4/c1-10(9-17)4-3-7-15-14(18)13-6-5-12(16(19)20)8-11(13)2/h5-6,8,10,17H,3-4,7,9H2,1-2H3,(H,15,18). The monoisotopic (exact) mass is 280 g/mol. The van der Waals surface area contributed by atoms with Crippen molar-refractivity contribution in [2.45, 2.75) is 26.7 Å². The molecule has 0 aliphatic rings. The van der Waals surface area contributed by atoms with Crippen molar-refractivity contribution < 1.29 is 14.8 Å². The van der Waals surface area contributed by atoms with Gasteiger partial charge in [0.15, 0.2) is 0 Å². The summed E-state index contributed by atoms with van der Waals surface area (Å²) in [6.45, 7) is 4.30. The Morgan fingerprint density at radius 3 is 2.75 bits per heavy atom. The molecule has 110 valence electrons. The number of nitrogens with zero attached hydrogens (tertiary/aromatic N) is 1. The lowest BCUT2D eigenvalue weighted by atomic mass is 10.1. The molecule has 20 heavy (non-hydrogen) atoms. The lowest BCUT2D eigenvalue weighted by Crippen LogP contribution is -2.25. The molecule has 0 spiro atoms. The summed E-state index contributed by atoms with van der Waals surface area (Å²) < 4.78 is 0. The van der Waals surface area contributed by atoms with Crippen molar-refractivity contribution in [1.82, 2.24) is 5.32 Å². The quantitative estimate of drug-likeness (QED) is 0.454. The fourth-order valence-electron chi connectivity index (χ4n) is 1.86. The van der Waals surface area contributed by atoms with Crippen molar-refractivity contribution >= 4 is 11.6 Å². The molecule has 0 aliphatic heterocycles. The van der Waals surface area contributed by atoms with Crippen LogP contribution in [0, 0.1) is 23.0 Å². The molecule has 2 N–H and O–H groups in total. The minimum absolute atomic E-state index is 0.0178. The third kappa shape index (κ3) is 4.62. The van der Waals surface area contributed by atoms with Crippen molar-refractivity contribution in [2.75, 3.05) is 13.2 Å². The Balaban J connectivity index is 2.53. The number of hydrogen-bond donors (Lipinski definition) is 2. The molecule has 0 saturated carbocycles. The zero-order valence-corrected chi connectivity index (χ0v) is 11.8.